The molecule has 0 bridgehead atoms. The number of hydrogen-bond donors (Lipinski definition) is 1. The van der Waals surface area contributed by atoms with Crippen LogP contribution in [-0.4, -0.2) is 39.6 Å². The van der Waals surface area contributed by atoms with Crippen LogP contribution in [0.1, 0.15) is 64.5 Å². The number of likely N-dealkylation sites (N-methyl/N-ethyl adjacent to an activating group) is 1. The summed E-state index contributed by atoms with van der Waals surface area (Å²) < 4.78 is 2.73. The Hall–Kier alpha value is -2.15. The van der Waals surface area contributed by atoms with E-state index in [0.717, 1.165) is 10.2 Å². The van der Waals surface area contributed by atoms with E-state index in [1.165, 1.54) is 4.90 Å². The molecule has 2 aromatic rings. The van der Waals surface area contributed by atoms with Crippen LogP contribution < -0.4 is 5.32 Å². The number of halogens is 1. The summed E-state index contributed by atoms with van der Waals surface area (Å²) in [5.41, 5.74) is 1.03. The summed E-state index contributed by atoms with van der Waals surface area (Å²) in [4.78, 5) is 27.0. The van der Waals surface area contributed by atoms with Crippen molar-refractivity contribution in [2.75, 3.05) is 18.4 Å². The van der Waals surface area contributed by atoms with Crippen molar-refractivity contribution in [2.24, 2.45) is 0 Å². The van der Waals surface area contributed by atoms with Crippen molar-refractivity contribution in [3.8, 4) is 0 Å². The zero-order valence-electron chi connectivity index (χ0n) is 18.3. The highest BCUT2D eigenvalue weighted by Crippen LogP contribution is 2.28. The molecule has 1 heterocycles. The van der Waals surface area contributed by atoms with Gasteiger partial charge < -0.3 is 10.2 Å². The maximum atomic E-state index is 12.8. The van der Waals surface area contributed by atoms with E-state index in [9.17, 15) is 9.59 Å². The average Bonchev–Trinajstić information content (AvgIpc) is 3.04. The van der Waals surface area contributed by atoms with Gasteiger partial charge in [-0.25, -0.2) is 4.68 Å². The SMILES string of the molecule is CCN(CC(=O)Nc1cc(C(C)(C)C)nn1C(C)(C)C)C(=O)c1ccc(Br)cc1. The monoisotopic (exact) mass is 462 g/mol. The maximum absolute atomic E-state index is 12.8. The summed E-state index contributed by atoms with van der Waals surface area (Å²) in [6, 6.07) is 9.04. The minimum absolute atomic E-state index is 0.0223. The molecule has 29 heavy (non-hydrogen) atoms. The molecule has 0 aliphatic carbocycles. The zero-order chi connectivity index (χ0) is 22.0. The number of aromatic nitrogens is 2. The Morgan fingerprint density at radius 3 is 2.17 bits per heavy atom. The molecule has 2 amide bonds. The van der Waals surface area contributed by atoms with Crippen molar-refractivity contribution in [1.82, 2.24) is 14.7 Å². The lowest BCUT2D eigenvalue weighted by Gasteiger charge is -2.24. The number of hydrogen-bond acceptors (Lipinski definition) is 3. The van der Waals surface area contributed by atoms with Gasteiger partial charge in [0.05, 0.1) is 11.2 Å². The van der Waals surface area contributed by atoms with Gasteiger partial charge in [0.2, 0.25) is 5.91 Å². The standard InChI is InChI=1S/C22H31BrN4O2/c1-8-26(20(29)15-9-11-16(23)12-10-15)14-19(28)24-18-13-17(21(2,3)4)25-27(18)22(5,6)7/h9-13H,8,14H2,1-7H3,(H,24,28). The minimum Gasteiger partial charge on any atom is -0.330 e. The van der Waals surface area contributed by atoms with Gasteiger partial charge in [-0.3, -0.25) is 9.59 Å². The Bertz CT molecular complexity index is 874. The van der Waals surface area contributed by atoms with E-state index < -0.39 is 0 Å². The highest BCUT2D eigenvalue weighted by Gasteiger charge is 2.26. The van der Waals surface area contributed by atoms with Gasteiger partial charge in [-0.05, 0) is 52.0 Å². The fraction of sp³-hybridized carbons (Fsp3) is 0.500. The first-order valence-corrected chi connectivity index (χ1v) is 10.6. The molecule has 0 radical (unpaired) electrons. The van der Waals surface area contributed by atoms with Crippen LogP contribution in [0.4, 0.5) is 5.82 Å². The van der Waals surface area contributed by atoms with Crippen LogP contribution in [0.3, 0.4) is 0 Å². The van der Waals surface area contributed by atoms with Gasteiger partial charge in [0, 0.05) is 28.1 Å². The number of carbonyl (C=O) groups excluding carboxylic acids is 2. The van der Waals surface area contributed by atoms with Gasteiger partial charge in [-0.1, -0.05) is 36.7 Å². The van der Waals surface area contributed by atoms with E-state index in [4.69, 9.17) is 5.10 Å². The van der Waals surface area contributed by atoms with Gasteiger partial charge in [0.15, 0.2) is 0 Å². The first-order chi connectivity index (χ1) is 13.3. The molecule has 0 atom stereocenters. The highest BCUT2D eigenvalue weighted by atomic mass is 79.9. The van der Waals surface area contributed by atoms with E-state index in [0.29, 0.717) is 17.9 Å². The predicted molar refractivity (Wildman–Crippen MR) is 120 cm³/mol. The Labute approximate surface area is 181 Å². The molecule has 6 nitrogen and oxygen atoms in total. The van der Waals surface area contributed by atoms with Crippen LogP contribution in [0.25, 0.3) is 0 Å². The van der Waals surface area contributed by atoms with Crippen LogP contribution in [0.15, 0.2) is 34.8 Å². The molecule has 1 aromatic carbocycles. The molecule has 0 fully saturated rings. The molecular formula is C22H31BrN4O2. The molecule has 7 heteroatoms. The molecule has 158 valence electrons. The van der Waals surface area contributed by atoms with E-state index in [1.807, 2.05) is 50.6 Å². The van der Waals surface area contributed by atoms with Crippen LogP contribution in [-0.2, 0) is 15.7 Å². The van der Waals surface area contributed by atoms with Crippen LogP contribution >= 0.6 is 15.9 Å². The lowest BCUT2D eigenvalue weighted by atomic mass is 9.92. The third-order valence-corrected chi connectivity index (χ3v) is 5.00. The number of nitrogens with zero attached hydrogens (tertiary/aromatic N) is 3. The van der Waals surface area contributed by atoms with Crippen molar-refractivity contribution in [3.05, 3.63) is 46.1 Å². The van der Waals surface area contributed by atoms with Crippen LogP contribution in [0, 0.1) is 0 Å². The molecule has 0 aliphatic rings. The molecule has 0 saturated carbocycles. The number of anilines is 1. The number of amides is 2. The molecular weight excluding hydrogens is 432 g/mol. The smallest absolute Gasteiger partial charge is 0.254 e. The first-order valence-electron chi connectivity index (χ1n) is 9.78. The summed E-state index contributed by atoms with van der Waals surface area (Å²) in [6.07, 6.45) is 0. The Morgan fingerprint density at radius 1 is 1.10 bits per heavy atom. The topological polar surface area (TPSA) is 67.2 Å². The fourth-order valence-corrected chi connectivity index (χ4v) is 3.07. The summed E-state index contributed by atoms with van der Waals surface area (Å²) >= 11 is 3.37. The van der Waals surface area contributed by atoms with Crippen molar-refractivity contribution in [1.29, 1.82) is 0 Å². The quantitative estimate of drug-likeness (QED) is 0.693. The lowest BCUT2D eigenvalue weighted by Crippen LogP contribution is -2.38. The van der Waals surface area contributed by atoms with E-state index in [1.54, 1.807) is 12.1 Å². The molecule has 0 saturated heterocycles. The van der Waals surface area contributed by atoms with Crippen molar-refractivity contribution in [3.63, 3.8) is 0 Å². The Morgan fingerprint density at radius 2 is 1.69 bits per heavy atom. The molecule has 0 aliphatic heterocycles. The Kier molecular flexibility index (Phi) is 6.93. The molecule has 1 aromatic heterocycles. The van der Waals surface area contributed by atoms with Gasteiger partial charge in [0.25, 0.3) is 5.91 Å². The normalized spacial score (nSPS) is 12.0. The second kappa shape index (κ2) is 8.69. The maximum Gasteiger partial charge on any atom is 0.254 e. The predicted octanol–water partition coefficient (Wildman–Crippen LogP) is 4.80. The highest BCUT2D eigenvalue weighted by molar-refractivity contribution is 9.10. The summed E-state index contributed by atoms with van der Waals surface area (Å²) in [7, 11) is 0. The summed E-state index contributed by atoms with van der Waals surface area (Å²) in [5.74, 6) is 0.220. The Balaban J connectivity index is 2.19. The molecule has 0 unspecified atom stereocenters. The van der Waals surface area contributed by atoms with Crippen LogP contribution in [0.5, 0.6) is 0 Å². The molecule has 2 rings (SSSR count). The number of carbonyl (C=O) groups is 2. The van der Waals surface area contributed by atoms with Gasteiger partial charge in [0.1, 0.15) is 12.4 Å². The summed E-state index contributed by atoms with van der Waals surface area (Å²) in [5, 5.41) is 7.66. The van der Waals surface area contributed by atoms with Crippen LogP contribution in [0.2, 0.25) is 0 Å². The minimum atomic E-state index is -0.288. The fourth-order valence-electron chi connectivity index (χ4n) is 2.81. The average molecular weight is 463 g/mol. The van der Waals surface area contributed by atoms with Gasteiger partial charge in [-0.2, -0.15) is 5.10 Å². The van der Waals surface area contributed by atoms with Crippen molar-refractivity contribution < 1.29 is 9.59 Å². The largest absolute Gasteiger partial charge is 0.330 e. The first kappa shape index (κ1) is 23.1. The third-order valence-electron chi connectivity index (χ3n) is 4.48. The second-order valence-electron chi connectivity index (χ2n) is 9.12. The lowest BCUT2D eigenvalue weighted by molar-refractivity contribution is -0.116. The number of nitrogens with one attached hydrogen (secondary N) is 1. The second-order valence-corrected chi connectivity index (χ2v) is 10.0. The van der Waals surface area contributed by atoms with Gasteiger partial charge in [-0.15, -0.1) is 0 Å². The van der Waals surface area contributed by atoms with Crippen molar-refractivity contribution >= 4 is 33.6 Å². The number of rotatable bonds is 5. The zero-order valence-corrected chi connectivity index (χ0v) is 19.9. The van der Waals surface area contributed by atoms with E-state index in [2.05, 4.69) is 42.0 Å². The van der Waals surface area contributed by atoms with Crippen molar-refractivity contribution in [2.45, 2.75) is 59.4 Å². The molecule has 0 spiro atoms. The molecule has 1 N–H and O–H groups in total. The number of benzene rings is 1. The van der Waals surface area contributed by atoms with E-state index >= 15 is 0 Å². The third kappa shape index (κ3) is 5.92. The van der Waals surface area contributed by atoms with Gasteiger partial charge >= 0.3 is 0 Å². The summed E-state index contributed by atoms with van der Waals surface area (Å²) in [6.45, 7) is 14.7. The van der Waals surface area contributed by atoms with E-state index in [-0.39, 0.29) is 29.3 Å².